The minimum Gasteiger partial charge on any atom is -0.504 e. The lowest BCUT2D eigenvalue weighted by atomic mass is 9.82. The number of nitrogens with zero attached hydrogens (tertiary/aromatic N) is 1. The molecule has 2 N–H and O–H groups in total. The molecule has 0 unspecified atom stereocenters. The van der Waals surface area contributed by atoms with Crippen molar-refractivity contribution in [3.8, 4) is 5.75 Å². The second kappa shape index (κ2) is 7.73. The minimum absolute atomic E-state index is 0.0644. The van der Waals surface area contributed by atoms with Crippen molar-refractivity contribution in [3.63, 3.8) is 0 Å². The van der Waals surface area contributed by atoms with Crippen LogP contribution in [-0.2, 0) is 5.41 Å². The highest BCUT2D eigenvalue weighted by Gasteiger charge is 2.36. The molecule has 0 saturated carbocycles. The average Bonchev–Trinajstić information content (AvgIpc) is 3.08. The Balaban J connectivity index is 1.61. The maximum absolute atomic E-state index is 11.9. The number of anilines is 4. The molecule has 5 heteroatoms. The zero-order valence-corrected chi connectivity index (χ0v) is 19.6. The van der Waals surface area contributed by atoms with Gasteiger partial charge in [0.1, 0.15) is 0 Å². The standard InChI is InChI=1S/C29H26N2O3/c1-17-5-9-19(10-6-17)31(20-11-7-18(2)8-12-20)21-13-14-24-23(15-21)29(3,4)25(30-24)16-22-26(32)28(34)27(22)33/h5-16,30,32H,1-4H3/b25-16+. The van der Waals surface area contributed by atoms with Gasteiger partial charge in [-0.3, -0.25) is 9.59 Å². The molecule has 5 rings (SSSR count). The molecule has 4 aromatic carbocycles. The summed E-state index contributed by atoms with van der Waals surface area (Å²) in [5, 5.41) is 13.2. The number of hydrogen-bond acceptors (Lipinski definition) is 5. The smallest absolute Gasteiger partial charge is 0.268 e. The van der Waals surface area contributed by atoms with E-state index in [4.69, 9.17) is 0 Å². The Bertz CT molecular complexity index is 1460. The van der Waals surface area contributed by atoms with Gasteiger partial charge in [0, 0.05) is 33.9 Å². The monoisotopic (exact) mass is 450 g/mol. The zero-order chi connectivity index (χ0) is 24.2. The zero-order valence-electron chi connectivity index (χ0n) is 19.6. The summed E-state index contributed by atoms with van der Waals surface area (Å²) in [5.74, 6) is -0.461. The highest BCUT2D eigenvalue weighted by Crippen LogP contribution is 2.47. The van der Waals surface area contributed by atoms with Crippen molar-refractivity contribution in [2.75, 3.05) is 10.2 Å². The molecule has 0 spiro atoms. The van der Waals surface area contributed by atoms with Gasteiger partial charge in [-0.1, -0.05) is 49.2 Å². The number of fused-ring (bicyclic) bond motifs is 1. The molecule has 0 amide bonds. The van der Waals surface area contributed by atoms with Crippen molar-refractivity contribution in [3.05, 3.63) is 115 Å². The lowest BCUT2D eigenvalue weighted by Crippen LogP contribution is -2.33. The summed E-state index contributed by atoms with van der Waals surface area (Å²) in [6, 6.07) is 23.1. The molecular formula is C29H26N2O3. The summed E-state index contributed by atoms with van der Waals surface area (Å²) in [6.45, 7) is 8.27. The van der Waals surface area contributed by atoms with Crippen molar-refractivity contribution in [1.29, 1.82) is 0 Å². The summed E-state index contributed by atoms with van der Waals surface area (Å²) in [4.78, 5) is 25.6. The van der Waals surface area contributed by atoms with Crippen LogP contribution in [0.15, 0.2) is 82.0 Å². The van der Waals surface area contributed by atoms with E-state index in [9.17, 15) is 14.7 Å². The number of benzene rings is 3. The molecule has 0 bridgehead atoms. The van der Waals surface area contributed by atoms with Crippen molar-refractivity contribution < 1.29 is 5.11 Å². The van der Waals surface area contributed by atoms with E-state index in [1.165, 1.54) is 11.1 Å². The van der Waals surface area contributed by atoms with E-state index in [0.717, 1.165) is 34.0 Å². The summed E-state index contributed by atoms with van der Waals surface area (Å²) in [5.41, 5.74) is 6.43. The van der Waals surface area contributed by atoms with Crippen LogP contribution in [0.1, 0.15) is 36.1 Å². The highest BCUT2D eigenvalue weighted by molar-refractivity contribution is 5.82. The van der Waals surface area contributed by atoms with Crippen LogP contribution in [0.3, 0.4) is 0 Å². The summed E-state index contributed by atoms with van der Waals surface area (Å²) >= 11 is 0. The first kappa shape index (κ1) is 21.7. The maximum Gasteiger partial charge on any atom is 0.268 e. The fourth-order valence-electron chi connectivity index (χ4n) is 4.47. The third-order valence-corrected chi connectivity index (χ3v) is 6.67. The van der Waals surface area contributed by atoms with Crippen molar-refractivity contribution >= 4 is 28.8 Å². The van der Waals surface area contributed by atoms with Crippen molar-refractivity contribution in [2.45, 2.75) is 33.1 Å². The highest BCUT2D eigenvalue weighted by atomic mass is 16.3. The van der Waals surface area contributed by atoms with Gasteiger partial charge in [-0.15, -0.1) is 0 Å². The second-order valence-corrected chi connectivity index (χ2v) is 9.46. The van der Waals surface area contributed by atoms with E-state index in [1.807, 2.05) is 6.07 Å². The van der Waals surface area contributed by atoms with Crippen LogP contribution in [0.5, 0.6) is 5.75 Å². The number of allylic oxidation sites excluding steroid dienone is 1. The van der Waals surface area contributed by atoms with E-state index in [2.05, 4.69) is 98.6 Å². The van der Waals surface area contributed by atoms with Gasteiger partial charge in [-0.25, -0.2) is 0 Å². The van der Waals surface area contributed by atoms with Gasteiger partial charge < -0.3 is 15.3 Å². The second-order valence-electron chi connectivity index (χ2n) is 9.46. The molecule has 1 heterocycles. The average molecular weight is 451 g/mol. The Morgan fingerprint density at radius 1 is 0.794 bits per heavy atom. The van der Waals surface area contributed by atoms with Gasteiger partial charge in [-0.05, 0) is 68.0 Å². The van der Waals surface area contributed by atoms with Crippen molar-refractivity contribution in [1.82, 2.24) is 0 Å². The van der Waals surface area contributed by atoms with Gasteiger partial charge in [0.2, 0.25) is 5.43 Å². The van der Waals surface area contributed by atoms with Crippen LogP contribution in [0, 0.1) is 13.8 Å². The Hall–Kier alpha value is -4.12. The molecule has 1 aliphatic rings. The number of aromatic hydroxyl groups is 1. The van der Waals surface area contributed by atoms with Gasteiger partial charge >= 0.3 is 0 Å². The molecule has 0 fully saturated rings. The predicted molar refractivity (Wildman–Crippen MR) is 138 cm³/mol. The number of aryl methyl sites for hydroxylation is 2. The first-order valence-electron chi connectivity index (χ1n) is 11.3. The van der Waals surface area contributed by atoms with Crippen LogP contribution < -0.4 is 21.1 Å². The Morgan fingerprint density at radius 2 is 1.32 bits per heavy atom. The van der Waals surface area contributed by atoms with E-state index < -0.39 is 22.0 Å². The third-order valence-electron chi connectivity index (χ3n) is 6.67. The predicted octanol–water partition coefficient (Wildman–Crippen LogP) is 5.82. The fourth-order valence-corrected chi connectivity index (χ4v) is 4.47. The van der Waals surface area contributed by atoms with Gasteiger partial charge in [0.25, 0.3) is 5.43 Å². The normalized spacial score (nSPS) is 15.4. The molecule has 0 aliphatic carbocycles. The number of rotatable bonds is 4. The van der Waals surface area contributed by atoms with Gasteiger partial charge in [0.15, 0.2) is 5.75 Å². The first-order chi connectivity index (χ1) is 16.2. The lowest BCUT2D eigenvalue weighted by Gasteiger charge is -2.27. The first-order valence-corrected chi connectivity index (χ1v) is 11.3. The SMILES string of the molecule is Cc1ccc(N(c2ccc(C)cc2)c2ccc3c(c2)C(C)(C)/C(=C\c2c(O)c(=O)c2=O)N3)cc1. The maximum atomic E-state index is 11.9. The van der Waals surface area contributed by atoms with Crippen LogP contribution in [-0.4, -0.2) is 5.11 Å². The van der Waals surface area contributed by atoms with E-state index in [0.29, 0.717) is 0 Å². The Labute approximate surface area is 198 Å². The van der Waals surface area contributed by atoms with E-state index in [-0.39, 0.29) is 5.56 Å². The Morgan fingerprint density at radius 3 is 1.85 bits per heavy atom. The number of nitrogens with one attached hydrogen (secondary N) is 1. The van der Waals surface area contributed by atoms with Gasteiger partial charge in [0.05, 0.1) is 5.56 Å². The molecule has 0 saturated heterocycles. The molecule has 4 aromatic rings. The van der Waals surface area contributed by atoms with Crippen LogP contribution >= 0.6 is 0 Å². The molecule has 0 aromatic heterocycles. The molecule has 1 aliphatic heterocycles. The third kappa shape index (κ3) is 3.41. The summed E-state index contributed by atoms with van der Waals surface area (Å²) in [6.07, 6.45) is 1.59. The summed E-state index contributed by atoms with van der Waals surface area (Å²) in [7, 11) is 0. The van der Waals surface area contributed by atoms with Crippen LogP contribution in [0.4, 0.5) is 22.7 Å². The van der Waals surface area contributed by atoms with Gasteiger partial charge in [-0.2, -0.15) is 0 Å². The topological polar surface area (TPSA) is 69.6 Å². The molecule has 0 atom stereocenters. The van der Waals surface area contributed by atoms with E-state index in [1.54, 1.807) is 6.08 Å². The van der Waals surface area contributed by atoms with Crippen LogP contribution in [0.25, 0.3) is 6.08 Å². The fraction of sp³-hybridized carbons (Fsp3) is 0.172. The minimum atomic E-state index is -0.825. The van der Waals surface area contributed by atoms with Crippen molar-refractivity contribution in [2.24, 2.45) is 0 Å². The molecule has 34 heavy (non-hydrogen) atoms. The molecule has 170 valence electrons. The Kier molecular flexibility index (Phi) is 4.94. The van der Waals surface area contributed by atoms with E-state index >= 15 is 0 Å². The summed E-state index contributed by atoms with van der Waals surface area (Å²) < 4.78 is 0. The molecule has 5 nitrogen and oxygen atoms in total. The molecule has 0 radical (unpaired) electrons. The quantitative estimate of drug-likeness (QED) is 0.384. The molecular weight excluding hydrogens is 424 g/mol. The number of hydrogen-bond donors (Lipinski definition) is 2. The lowest BCUT2D eigenvalue weighted by molar-refractivity contribution is 0.461. The largest absolute Gasteiger partial charge is 0.504 e. The van der Waals surface area contributed by atoms with Crippen LogP contribution in [0.2, 0.25) is 0 Å².